The maximum Gasteiger partial charge on any atom is 0.435 e. The molecule has 0 bridgehead atoms. The van der Waals surface area contributed by atoms with Gasteiger partial charge in [-0.15, -0.1) is 0 Å². The SMILES string of the molecule is N#Cc1ccc(F)cc1-c1cc(-c2cnc3nc(C(F)(F)F)cnn23)ccc1F. The summed E-state index contributed by atoms with van der Waals surface area (Å²) in [5.41, 5.74) is -0.538. The van der Waals surface area contributed by atoms with E-state index in [0.717, 1.165) is 22.7 Å². The number of nitrogens with zero attached hydrogens (tertiary/aromatic N) is 5. The number of aromatic nitrogens is 4. The minimum absolute atomic E-state index is 0.0473. The Morgan fingerprint density at radius 1 is 0.966 bits per heavy atom. The zero-order valence-corrected chi connectivity index (χ0v) is 14.2. The molecular weight excluding hydrogens is 393 g/mol. The lowest BCUT2D eigenvalue weighted by Crippen LogP contribution is -2.11. The Morgan fingerprint density at radius 3 is 2.48 bits per heavy atom. The number of imidazole rings is 1. The van der Waals surface area contributed by atoms with Crippen molar-refractivity contribution >= 4 is 5.78 Å². The zero-order chi connectivity index (χ0) is 20.8. The van der Waals surface area contributed by atoms with Crippen molar-refractivity contribution in [2.45, 2.75) is 6.18 Å². The van der Waals surface area contributed by atoms with Gasteiger partial charge in [-0.2, -0.15) is 28.0 Å². The van der Waals surface area contributed by atoms with E-state index in [2.05, 4.69) is 15.1 Å². The molecule has 0 aliphatic heterocycles. The first-order chi connectivity index (χ1) is 13.8. The normalized spacial score (nSPS) is 11.6. The van der Waals surface area contributed by atoms with E-state index in [4.69, 9.17) is 0 Å². The lowest BCUT2D eigenvalue weighted by atomic mass is 9.97. The van der Waals surface area contributed by atoms with Crippen LogP contribution in [0.25, 0.3) is 28.2 Å². The molecule has 0 saturated heterocycles. The van der Waals surface area contributed by atoms with Crippen molar-refractivity contribution in [3.63, 3.8) is 0 Å². The number of fused-ring (bicyclic) bond motifs is 1. The molecule has 0 spiro atoms. The number of alkyl halides is 3. The molecule has 0 fully saturated rings. The monoisotopic (exact) mass is 401 g/mol. The summed E-state index contributed by atoms with van der Waals surface area (Å²) in [5.74, 6) is -1.64. The molecule has 0 amide bonds. The second-order valence-corrected chi connectivity index (χ2v) is 5.99. The molecule has 0 radical (unpaired) electrons. The van der Waals surface area contributed by atoms with Gasteiger partial charge in [-0.1, -0.05) is 0 Å². The number of nitriles is 1. The molecule has 2 aromatic carbocycles. The van der Waals surface area contributed by atoms with Gasteiger partial charge in [0.1, 0.15) is 11.6 Å². The fourth-order valence-electron chi connectivity index (χ4n) is 2.84. The number of hydrogen-bond donors (Lipinski definition) is 0. The van der Waals surface area contributed by atoms with Crippen LogP contribution in [-0.4, -0.2) is 19.6 Å². The average Bonchev–Trinajstić information content (AvgIpc) is 3.11. The van der Waals surface area contributed by atoms with E-state index >= 15 is 0 Å². The zero-order valence-electron chi connectivity index (χ0n) is 14.2. The van der Waals surface area contributed by atoms with Gasteiger partial charge in [-0.25, -0.2) is 18.7 Å². The highest BCUT2D eigenvalue weighted by Gasteiger charge is 2.33. The summed E-state index contributed by atoms with van der Waals surface area (Å²) in [7, 11) is 0. The minimum atomic E-state index is -4.67. The van der Waals surface area contributed by atoms with E-state index in [1.165, 1.54) is 24.4 Å². The predicted molar refractivity (Wildman–Crippen MR) is 91.3 cm³/mol. The summed E-state index contributed by atoms with van der Waals surface area (Å²) >= 11 is 0. The van der Waals surface area contributed by atoms with Gasteiger partial charge in [-0.3, -0.25) is 0 Å². The maximum atomic E-state index is 14.4. The Bertz CT molecular complexity index is 1290. The number of rotatable bonds is 2. The van der Waals surface area contributed by atoms with Gasteiger partial charge >= 0.3 is 6.18 Å². The fourth-order valence-corrected chi connectivity index (χ4v) is 2.84. The van der Waals surface area contributed by atoms with Crippen LogP contribution in [0.15, 0.2) is 48.8 Å². The van der Waals surface area contributed by atoms with Crippen LogP contribution in [0.5, 0.6) is 0 Å². The summed E-state index contributed by atoms with van der Waals surface area (Å²) in [4.78, 5) is 7.25. The third-order valence-electron chi connectivity index (χ3n) is 4.18. The molecule has 0 aliphatic carbocycles. The summed E-state index contributed by atoms with van der Waals surface area (Å²) in [6.45, 7) is 0. The smallest absolute Gasteiger partial charge is 0.217 e. The van der Waals surface area contributed by atoms with E-state index in [9.17, 15) is 27.2 Å². The summed E-state index contributed by atoms with van der Waals surface area (Å²) in [6.07, 6.45) is -2.87. The van der Waals surface area contributed by atoms with Gasteiger partial charge in [0, 0.05) is 16.7 Å². The van der Waals surface area contributed by atoms with Crippen molar-refractivity contribution in [2.75, 3.05) is 0 Å². The highest BCUT2D eigenvalue weighted by atomic mass is 19.4. The first kappa shape index (κ1) is 18.5. The predicted octanol–water partition coefficient (Wildman–Crippen LogP) is 4.63. The van der Waals surface area contributed by atoms with Gasteiger partial charge in [0.15, 0.2) is 5.69 Å². The second-order valence-electron chi connectivity index (χ2n) is 5.99. The maximum absolute atomic E-state index is 14.4. The third-order valence-corrected chi connectivity index (χ3v) is 4.18. The van der Waals surface area contributed by atoms with E-state index in [1.54, 1.807) is 0 Å². The first-order valence-corrected chi connectivity index (χ1v) is 8.06. The topological polar surface area (TPSA) is 66.9 Å². The van der Waals surface area contributed by atoms with E-state index in [-0.39, 0.29) is 28.2 Å². The molecule has 0 N–H and O–H groups in total. The number of halogens is 5. The molecule has 0 unspecified atom stereocenters. The molecular formula is C19H8F5N5. The van der Waals surface area contributed by atoms with Crippen molar-refractivity contribution in [3.8, 4) is 28.5 Å². The molecule has 4 aromatic rings. The Labute approximate surface area is 159 Å². The summed E-state index contributed by atoms with van der Waals surface area (Å²) in [6, 6.07) is 9.04. The molecule has 5 nitrogen and oxygen atoms in total. The van der Waals surface area contributed by atoms with Gasteiger partial charge in [-0.05, 0) is 36.4 Å². The number of benzene rings is 2. The Kier molecular flexibility index (Phi) is 4.23. The van der Waals surface area contributed by atoms with Crippen LogP contribution in [0.1, 0.15) is 11.3 Å². The molecule has 4 rings (SSSR count). The molecule has 2 heterocycles. The third kappa shape index (κ3) is 3.27. The quantitative estimate of drug-likeness (QED) is 0.460. The van der Waals surface area contributed by atoms with Crippen LogP contribution in [-0.2, 0) is 6.18 Å². The standard InChI is InChI=1S/C19H8F5N5/c20-12-3-1-11(7-25)13(6-12)14-5-10(2-4-15(14)21)16-8-26-18-28-17(19(22,23)24)9-27-29(16)18/h1-6,8-9H. The summed E-state index contributed by atoms with van der Waals surface area (Å²) < 4.78 is 67.6. The van der Waals surface area contributed by atoms with Crippen LogP contribution in [0.3, 0.4) is 0 Å². The molecule has 2 aromatic heterocycles. The number of hydrogen-bond acceptors (Lipinski definition) is 4. The van der Waals surface area contributed by atoms with Crippen molar-refractivity contribution in [3.05, 3.63) is 71.7 Å². The highest BCUT2D eigenvalue weighted by Crippen LogP contribution is 2.32. The van der Waals surface area contributed by atoms with Crippen LogP contribution in [0.2, 0.25) is 0 Å². The Balaban J connectivity index is 1.87. The molecule has 29 heavy (non-hydrogen) atoms. The fraction of sp³-hybridized carbons (Fsp3) is 0.0526. The molecule has 0 atom stereocenters. The average molecular weight is 401 g/mol. The van der Waals surface area contributed by atoms with Gasteiger partial charge in [0.25, 0.3) is 5.78 Å². The van der Waals surface area contributed by atoms with Gasteiger partial charge in [0.2, 0.25) is 0 Å². The van der Waals surface area contributed by atoms with Crippen molar-refractivity contribution in [1.82, 2.24) is 19.6 Å². The highest BCUT2D eigenvalue weighted by molar-refractivity contribution is 5.76. The second kappa shape index (κ2) is 6.63. The minimum Gasteiger partial charge on any atom is -0.217 e. The molecule has 144 valence electrons. The molecule has 10 heteroatoms. The van der Waals surface area contributed by atoms with E-state index in [0.29, 0.717) is 11.8 Å². The van der Waals surface area contributed by atoms with Crippen LogP contribution in [0.4, 0.5) is 22.0 Å². The van der Waals surface area contributed by atoms with Crippen molar-refractivity contribution < 1.29 is 22.0 Å². The Hall–Kier alpha value is -3.87. The molecule has 0 aliphatic rings. The largest absolute Gasteiger partial charge is 0.435 e. The van der Waals surface area contributed by atoms with E-state index in [1.807, 2.05) is 6.07 Å². The van der Waals surface area contributed by atoms with E-state index < -0.39 is 23.5 Å². The van der Waals surface area contributed by atoms with Gasteiger partial charge < -0.3 is 0 Å². The van der Waals surface area contributed by atoms with Crippen LogP contribution in [0, 0.1) is 23.0 Å². The van der Waals surface area contributed by atoms with Crippen molar-refractivity contribution in [2.24, 2.45) is 0 Å². The molecule has 0 saturated carbocycles. The lowest BCUT2D eigenvalue weighted by Gasteiger charge is -2.09. The van der Waals surface area contributed by atoms with Gasteiger partial charge in [0.05, 0.1) is 29.7 Å². The lowest BCUT2D eigenvalue weighted by molar-refractivity contribution is -0.141. The van der Waals surface area contributed by atoms with Crippen LogP contribution >= 0.6 is 0 Å². The first-order valence-electron chi connectivity index (χ1n) is 8.06. The summed E-state index contributed by atoms with van der Waals surface area (Å²) in [5, 5.41) is 13.0. The Morgan fingerprint density at radius 2 is 1.76 bits per heavy atom. The van der Waals surface area contributed by atoms with Crippen molar-refractivity contribution in [1.29, 1.82) is 5.26 Å². The van der Waals surface area contributed by atoms with Crippen LogP contribution < -0.4 is 0 Å².